The summed E-state index contributed by atoms with van der Waals surface area (Å²) in [6.07, 6.45) is 2.03. The van der Waals surface area contributed by atoms with Crippen LogP contribution in [0.2, 0.25) is 0 Å². The van der Waals surface area contributed by atoms with E-state index in [2.05, 4.69) is 46.0 Å². The van der Waals surface area contributed by atoms with Gasteiger partial charge in [0, 0.05) is 12.5 Å². The zero-order valence-electron chi connectivity index (χ0n) is 15.2. The molecule has 0 spiro atoms. The van der Waals surface area contributed by atoms with Gasteiger partial charge in [-0.05, 0) is 48.4 Å². The smallest absolute Gasteiger partial charge is 0.170 e. The van der Waals surface area contributed by atoms with Crippen LogP contribution >= 0.6 is 0 Å². The normalized spacial score (nSPS) is 19.0. The third-order valence-electron chi connectivity index (χ3n) is 4.35. The first kappa shape index (κ1) is 18.0. The van der Waals surface area contributed by atoms with Crippen LogP contribution in [0.3, 0.4) is 0 Å². The molecule has 1 heterocycles. The van der Waals surface area contributed by atoms with Crippen LogP contribution in [0.25, 0.3) is 0 Å². The molecule has 23 heavy (non-hydrogen) atoms. The number of hydrogen-bond acceptors (Lipinski definition) is 3. The van der Waals surface area contributed by atoms with Crippen LogP contribution in [0, 0.1) is 11.8 Å². The van der Waals surface area contributed by atoms with Gasteiger partial charge in [0.1, 0.15) is 5.75 Å². The molecule has 1 atom stereocenters. The van der Waals surface area contributed by atoms with Crippen molar-refractivity contribution in [3.8, 4) is 5.75 Å². The van der Waals surface area contributed by atoms with Gasteiger partial charge in [-0.1, -0.05) is 40.7 Å². The van der Waals surface area contributed by atoms with Crippen molar-refractivity contribution in [2.45, 2.75) is 52.9 Å². The van der Waals surface area contributed by atoms with E-state index in [0.29, 0.717) is 12.5 Å². The SMILES string of the molecule is CC(C)COc1ccc(C(C)(C)C)cc1C(=O)C1CCCNC1. The standard InChI is InChI=1S/C20H31NO2/c1-14(2)13-23-18-9-8-16(20(3,4)5)11-17(18)19(22)15-7-6-10-21-12-15/h8-9,11,14-15,21H,6-7,10,12-13H2,1-5H3. The number of Topliss-reactive ketones (excluding diaryl/α,β-unsaturated/α-hetero) is 1. The monoisotopic (exact) mass is 317 g/mol. The molecule has 1 aliphatic rings. The summed E-state index contributed by atoms with van der Waals surface area (Å²) >= 11 is 0. The summed E-state index contributed by atoms with van der Waals surface area (Å²) in [5, 5.41) is 3.34. The first-order valence-electron chi connectivity index (χ1n) is 8.81. The molecular weight excluding hydrogens is 286 g/mol. The number of piperidine rings is 1. The van der Waals surface area contributed by atoms with Crippen LogP contribution in [-0.4, -0.2) is 25.5 Å². The van der Waals surface area contributed by atoms with E-state index in [9.17, 15) is 4.79 Å². The van der Waals surface area contributed by atoms with Crippen molar-refractivity contribution in [2.24, 2.45) is 11.8 Å². The van der Waals surface area contributed by atoms with Crippen LogP contribution in [0.4, 0.5) is 0 Å². The van der Waals surface area contributed by atoms with Gasteiger partial charge < -0.3 is 10.1 Å². The van der Waals surface area contributed by atoms with Gasteiger partial charge in [0.25, 0.3) is 0 Å². The molecule has 0 saturated carbocycles. The highest BCUT2D eigenvalue weighted by Gasteiger charge is 2.26. The van der Waals surface area contributed by atoms with Gasteiger partial charge >= 0.3 is 0 Å². The average molecular weight is 317 g/mol. The molecule has 1 aromatic rings. The van der Waals surface area contributed by atoms with Crippen molar-refractivity contribution in [1.82, 2.24) is 5.32 Å². The number of carbonyl (C=O) groups is 1. The summed E-state index contributed by atoms with van der Waals surface area (Å²) in [5.41, 5.74) is 1.96. The molecule has 1 N–H and O–H groups in total. The highest BCUT2D eigenvalue weighted by Crippen LogP contribution is 2.31. The van der Waals surface area contributed by atoms with Crippen molar-refractivity contribution in [1.29, 1.82) is 0 Å². The van der Waals surface area contributed by atoms with Crippen LogP contribution in [-0.2, 0) is 5.41 Å². The van der Waals surface area contributed by atoms with Gasteiger partial charge in [0.15, 0.2) is 5.78 Å². The molecular formula is C20H31NO2. The Hall–Kier alpha value is -1.35. The number of carbonyl (C=O) groups excluding carboxylic acids is 1. The molecule has 128 valence electrons. The fourth-order valence-electron chi connectivity index (χ4n) is 2.87. The van der Waals surface area contributed by atoms with E-state index in [1.165, 1.54) is 5.56 Å². The second-order valence-corrected chi connectivity index (χ2v) is 8.07. The summed E-state index contributed by atoms with van der Waals surface area (Å²) in [6, 6.07) is 6.12. The summed E-state index contributed by atoms with van der Waals surface area (Å²) in [4.78, 5) is 13.0. The van der Waals surface area contributed by atoms with Gasteiger partial charge in [0.2, 0.25) is 0 Å². The Labute approximate surface area is 140 Å². The maximum absolute atomic E-state index is 13.0. The van der Waals surface area contributed by atoms with Crippen molar-refractivity contribution >= 4 is 5.78 Å². The first-order chi connectivity index (χ1) is 10.8. The molecule has 0 amide bonds. The zero-order valence-corrected chi connectivity index (χ0v) is 15.2. The number of ketones is 1. The lowest BCUT2D eigenvalue weighted by Crippen LogP contribution is -2.34. The van der Waals surface area contributed by atoms with Crippen molar-refractivity contribution < 1.29 is 9.53 Å². The van der Waals surface area contributed by atoms with E-state index in [1.54, 1.807) is 0 Å². The molecule has 0 aliphatic carbocycles. The van der Waals surface area contributed by atoms with E-state index >= 15 is 0 Å². The molecule has 0 aromatic heterocycles. The predicted molar refractivity (Wildman–Crippen MR) is 95.4 cm³/mol. The molecule has 1 saturated heterocycles. The Bertz CT molecular complexity index is 537. The summed E-state index contributed by atoms with van der Waals surface area (Å²) in [6.45, 7) is 13.2. The molecule has 0 radical (unpaired) electrons. The third kappa shape index (κ3) is 4.81. The molecule has 1 fully saturated rings. The molecule has 3 heteroatoms. The van der Waals surface area contributed by atoms with E-state index in [0.717, 1.165) is 37.2 Å². The molecule has 1 aromatic carbocycles. The van der Waals surface area contributed by atoms with Crippen LogP contribution in [0.5, 0.6) is 5.75 Å². The minimum absolute atomic E-state index is 0.0242. The summed E-state index contributed by atoms with van der Waals surface area (Å²) in [5.74, 6) is 1.47. The maximum atomic E-state index is 13.0. The van der Waals surface area contributed by atoms with Crippen LogP contribution in [0.1, 0.15) is 63.4 Å². The number of hydrogen-bond donors (Lipinski definition) is 1. The van der Waals surface area contributed by atoms with Gasteiger partial charge in [-0.3, -0.25) is 4.79 Å². The van der Waals surface area contributed by atoms with Gasteiger partial charge in [0.05, 0.1) is 12.2 Å². The Balaban J connectivity index is 2.32. The lowest BCUT2D eigenvalue weighted by atomic mass is 9.83. The van der Waals surface area contributed by atoms with Crippen LogP contribution < -0.4 is 10.1 Å². The minimum atomic E-state index is 0.0242. The Morgan fingerprint density at radius 2 is 2.09 bits per heavy atom. The molecule has 1 unspecified atom stereocenters. The zero-order chi connectivity index (χ0) is 17.0. The lowest BCUT2D eigenvalue weighted by Gasteiger charge is -2.25. The largest absolute Gasteiger partial charge is 0.493 e. The second-order valence-electron chi connectivity index (χ2n) is 8.07. The number of benzene rings is 1. The first-order valence-corrected chi connectivity index (χ1v) is 8.81. The average Bonchev–Trinajstić information content (AvgIpc) is 2.52. The number of ether oxygens (including phenoxy) is 1. The van der Waals surface area contributed by atoms with Gasteiger partial charge in [-0.25, -0.2) is 0 Å². The number of nitrogens with one attached hydrogen (secondary N) is 1. The highest BCUT2D eigenvalue weighted by atomic mass is 16.5. The van der Waals surface area contributed by atoms with E-state index in [4.69, 9.17) is 4.74 Å². The lowest BCUT2D eigenvalue weighted by molar-refractivity contribution is 0.0894. The van der Waals surface area contributed by atoms with Crippen molar-refractivity contribution in [3.63, 3.8) is 0 Å². The second kappa shape index (κ2) is 7.48. The topological polar surface area (TPSA) is 38.3 Å². The molecule has 2 rings (SSSR count). The predicted octanol–water partition coefficient (Wildman–Crippen LogP) is 4.20. The fourth-order valence-corrected chi connectivity index (χ4v) is 2.87. The molecule has 1 aliphatic heterocycles. The van der Waals surface area contributed by atoms with E-state index in [-0.39, 0.29) is 17.1 Å². The molecule has 0 bridgehead atoms. The maximum Gasteiger partial charge on any atom is 0.170 e. The molecule has 3 nitrogen and oxygen atoms in total. The highest BCUT2D eigenvalue weighted by molar-refractivity contribution is 6.00. The third-order valence-corrected chi connectivity index (χ3v) is 4.35. The summed E-state index contributed by atoms with van der Waals surface area (Å²) in [7, 11) is 0. The Morgan fingerprint density at radius 3 is 2.65 bits per heavy atom. The van der Waals surface area contributed by atoms with Crippen LogP contribution in [0.15, 0.2) is 18.2 Å². The van der Waals surface area contributed by atoms with Gasteiger partial charge in [-0.15, -0.1) is 0 Å². The van der Waals surface area contributed by atoms with Gasteiger partial charge in [-0.2, -0.15) is 0 Å². The number of rotatable bonds is 5. The minimum Gasteiger partial charge on any atom is -0.493 e. The van der Waals surface area contributed by atoms with E-state index < -0.39 is 0 Å². The summed E-state index contributed by atoms with van der Waals surface area (Å²) < 4.78 is 5.94. The van der Waals surface area contributed by atoms with Crippen molar-refractivity contribution in [3.05, 3.63) is 29.3 Å². The quantitative estimate of drug-likeness (QED) is 0.827. The van der Waals surface area contributed by atoms with E-state index in [1.807, 2.05) is 12.1 Å². The van der Waals surface area contributed by atoms with Crippen molar-refractivity contribution in [2.75, 3.05) is 19.7 Å². The Kier molecular flexibility index (Phi) is 5.85. The fraction of sp³-hybridized carbons (Fsp3) is 0.650. The Morgan fingerprint density at radius 1 is 1.35 bits per heavy atom.